The summed E-state index contributed by atoms with van der Waals surface area (Å²) in [6.45, 7) is 6.73. The van der Waals surface area contributed by atoms with Gasteiger partial charge in [0, 0.05) is 43.2 Å². The summed E-state index contributed by atoms with van der Waals surface area (Å²) in [5, 5.41) is 4.05. The SMILES string of the molecule is CC(CC(=O)N1CCN(C(=O)c2ccc(Cl)cc2)CC1)C1CCCNC1. The van der Waals surface area contributed by atoms with Crippen LogP contribution < -0.4 is 5.32 Å². The molecule has 0 aliphatic carbocycles. The lowest BCUT2D eigenvalue weighted by atomic mass is 9.85. The van der Waals surface area contributed by atoms with Crippen LogP contribution in [0.15, 0.2) is 24.3 Å². The molecule has 1 aromatic carbocycles. The van der Waals surface area contributed by atoms with E-state index in [9.17, 15) is 9.59 Å². The fourth-order valence-electron chi connectivity index (χ4n) is 3.87. The third-order valence-corrected chi connectivity index (χ3v) is 5.90. The van der Waals surface area contributed by atoms with Crippen molar-refractivity contribution in [2.45, 2.75) is 26.2 Å². The van der Waals surface area contributed by atoms with E-state index in [0.29, 0.717) is 55.0 Å². The molecule has 2 fully saturated rings. The summed E-state index contributed by atoms with van der Waals surface area (Å²) in [7, 11) is 0. The normalized spacial score (nSPS) is 22.2. The first-order chi connectivity index (χ1) is 12.5. The highest BCUT2D eigenvalue weighted by Gasteiger charge is 2.28. The van der Waals surface area contributed by atoms with Gasteiger partial charge >= 0.3 is 0 Å². The molecule has 142 valence electrons. The highest BCUT2D eigenvalue weighted by molar-refractivity contribution is 6.30. The molecule has 2 aliphatic heterocycles. The monoisotopic (exact) mass is 377 g/mol. The number of piperazine rings is 1. The maximum Gasteiger partial charge on any atom is 0.253 e. The van der Waals surface area contributed by atoms with E-state index in [1.165, 1.54) is 12.8 Å². The van der Waals surface area contributed by atoms with Crippen molar-refractivity contribution in [3.8, 4) is 0 Å². The first kappa shape index (κ1) is 19.2. The third kappa shape index (κ3) is 4.77. The van der Waals surface area contributed by atoms with Gasteiger partial charge in [0.25, 0.3) is 5.91 Å². The van der Waals surface area contributed by atoms with E-state index in [1.54, 1.807) is 24.3 Å². The van der Waals surface area contributed by atoms with Crippen molar-refractivity contribution in [3.05, 3.63) is 34.9 Å². The van der Waals surface area contributed by atoms with E-state index >= 15 is 0 Å². The summed E-state index contributed by atoms with van der Waals surface area (Å²) in [4.78, 5) is 28.9. The second-order valence-corrected chi connectivity index (χ2v) is 7.90. The molecular weight excluding hydrogens is 350 g/mol. The van der Waals surface area contributed by atoms with E-state index < -0.39 is 0 Å². The second-order valence-electron chi connectivity index (χ2n) is 7.47. The summed E-state index contributed by atoms with van der Waals surface area (Å²) < 4.78 is 0. The van der Waals surface area contributed by atoms with Gasteiger partial charge in [-0.25, -0.2) is 0 Å². The van der Waals surface area contributed by atoms with Gasteiger partial charge in [-0.1, -0.05) is 18.5 Å². The van der Waals surface area contributed by atoms with Crippen molar-refractivity contribution >= 4 is 23.4 Å². The zero-order valence-corrected chi connectivity index (χ0v) is 16.2. The van der Waals surface area contributed by atoms with Crippen LogP contribution in [0.2, 0.25) is 5.02 Å². The predicted molar refractivity (Wildman–Crippen MR) is 103 cm³/mol. The van der Waals surface area contributed by atoms with Crippen molar-refractivity contribution < 1.29 is 9.59 Å². The molecule has 3 rings (SSSR count). The molecule has 0 spiro atoms. The Labute approximate surface area is 160 Å². The molecular formula is C20H28ClN3O2. The molecule has 2 amide bonds. The predicted octanol–water partition coefficient (Wildman–Crippen LogP) is 2.65. The van der Waals surface area contributed by atoms with Gasteiger partial charge in [-0.05, 0) is 62.0 Å². The number of halogens is 1. The standard InChI is InChI=1S/C20H28ClN3O2/c1-15(17-3-2-8-22-14-17)13-19(25)23-9-11-24(12-10-23)20(26)16-4-6-18(21)7-5-16/h4-7,15,17,22H,2-3,8-14H2,1H3. The summed E-state index contributed by atoms with van der Waals surface area (Å²) in [5.74, 6) is 1.24. The van der Waals surface area contributed by atoms with E-state index in [1.807, 2.05) is 9.80 Å². The molecule has 1 N–H and O–H groups in total. The van der Waals surface area contributed by atoms with Gasteiger partial charge in [0.2, 0.25) is 5.91 Å². The molecule has 0 saturated carbocycles. The van der Waals surface area contributed by atoms with Crippen LogP contribution in [-0.4, -0.2) is 60.9 Å². The first-order valence-electron chi connectivity index (χ1n) is 9.58. The van der Waals surface area contributed by atoms with Gasteiger partial charge in [0.1, 0.15) is 0 Å². The van der Waals surface area contributed by atoms with Crippen LogP contribution in [0, 0.1) is 11.8 Å². The average Bonchev–Trinajstić information content (AvgIpc) is 2.69. The van der Waals surface area contributed by atoms with Crippen molar-refractivity contribution in [1.29, 1.82) is 0 Å². The van der Waals surface area contributed by atoms with Crippen molar-refractivity contribution in [1.82, 2.24) is 15.1 Å². The van der Waals surface area contributed by atoms with Crippen LogP contribution >= 0.6 is 11.6 Å². The number of carbonyl (C=O) groups excluding carboxylic acids is 2. The molecule has 6 heteroatoms. The third-order valence-electron chi connectivity index (χ3n) is 5.65. The Kier molecular flexibility index (Phi) is 6.54. The number of nitrogens with one attached hydrogen (secondary N) is 1. The van der Waals surface area contributed by atoms with Gasteiger partial charge in [-0.2, -0.15) is 0 Å². The van der Waals surface area contributed by atoms with Crippen molar-refractivity contribution in [2.24, 2.45) is 11.8 Å². The highest BCUT2D eigenvalue weighted by Crippen LogP contribution is 2.23. The number of nitrogens with zero attached hydrogens (tertiary/aromatic N) is 2. The van der Waals surface area contributed by atoms with E-state index in [-0.39, 0.29) is 11.8 Å². The molecule has 2 heterocycles. The number of rotatable bonds is 4. The maximum absolute atomic E-state index is 12.6. The summed E-state index contributed by atoms with van der Waals surface area (Å²) in [6.07, 6.45) is 3.02. The molecule has 2 aliphatic rings. The number of benzene rings is 1. The Morgan fingerprint density at radius 1 is 1.15 bits per heavy atom. The van der Waals surface area contributed by atoms with Gasteiger partial charge in [-0.3, -0.25) is 9.59 Å². The largest absolute Gasteiger partial charge is 0.339 e. The topological polar surface area (TPSA) is 52.7 Å². The molecule has 26 heavy (non-hydrogen) atoms. The molecule has 0 aromatic heterocycles. The average molecular weight is 378 g/mol. The zero-order chi connectivity index (χ0) is 18.5. The zero-order valence-electron chi connectivity index (χ0n) is 15.4. The molecule has 5 nitrogen and oxygen atoms in total. The Morgan fingerprint density at radius 3 is 2.42 bits per heavy atom. The number of hydrogen-bond donors (Lipinski definition) is 1. The molecule has 0 bridgehead atoms. The van der Waals surface area contributed by atoms with Crippen LogP contribution in [-0.2, 0) is 4.79 Å². The van der Waals surface area contributed by atoms with E-state index in [4.69, 9.17) is 11.6 Å². The van der Waals surface area contributed by atoms with Crippen LogP contribution in [0.25, 0.3) is 0 Å². The minimum atomic E-state index is 0.00964. The van der Waals surface area contributed by atoms with Crippen molar-refractivity contribution in [2.75, 3.05) is 39.3 Å². The molecule has 1 aromatic rings. The number of piperidine rings is 1. The Morgan fingerprint density at radius 2 is 1.81 bits per heavy atom. The fraction of sp³-hybridized carbons (Fsp3) is 0.600. The lowest BCUT2D eigenvalue weighted by Crippen LogP contribution is -2.51. The minimum absolute atomic E-state index is 0.00964. The molecule has 2 unspecified atom stereocenters. The van der Waals surface area contributed by atoms with Crippen LogP contribution in [0.5, 0.6) is 0 Å². The smallest absolute Gasteiger partial charge is 0.253 e. The highest BCUT2D eigenvalue weighted by atomic mass is 35.5. The Hall–Kier alpha value is -1.59. The Bertz CT molecular complexity index is 620. The van der Waals surface area contributed by atoms with Gasteiger partial charge in [-0.15, -0.1) is 0 Å². The summed E-state index contributed by atoms with van der Waals surface area (Å²) >= 11 is 5.88. The molecule has 2 saturated heterocycles. The second kappa shape index (κ2) is 8.87. The molecule has 0 radical (unpaired) electrons. The maximum atomic E-state index is 12.6. The van der Waals surface area contributed by atoms with Crippen LogP contribution in [0.3, 0.4) is 0 Å². The first-order valence-corrected chi connectivity index (χ1v) is 9.95. The summed E-state index contributed by atoms with van der Waals surface area (Å²) in [6, 6.07) is 6.97. The van der Waals surface area contributed by atoms with Crippen LogP contribution in [0.1, 0.15) is 36.5 Å². The Balaban J connectivity index is 1.47. The lowest BCUT2D eigenvalue weighted by molar-refractivity contribution is -0.134. The minimum Gasteiger partial charge on any atom is -0.339 e. The lowest BCUT2D eigenvalue weighted by Gasteiger charge is -2.36. The van der Waals surface area contributed by atoms with Gasteiger partial charge in [0.15, 0.2) is 0 Å². The van der Waals surface area contributed by atoms with Crippen LogP contribution in [0.4, 0.5) is 0 Å². The number of amides is 2. The van der Waals surface area contributed by atoms with E-state index in [0.717, 1.165) is 13.1 Å². The van der Waals surface area contributed by atoms with Crippen molar-refractivity contribution in [3.63, 3.8) is 0 Å². The number of carbonyl (C=O) groups is 2. The van der Waals surface area contributed by atoms with E-state index in [2.05, 4.69) is 12.2 Å². The summed E-state index contributed by atoms with van der Waals surface area (Å²) in [5.41, 5.74) is 0.646. The van der Waals surface area contributed by atoms with Gasteiger partial charge < -0.3 is 15.1 Å². The van der Waals surface area contributed by atoms with Gasteiger partial charge in [0.05, 0.1) is 0 Å². The fourth-order valence-corrected chi connectivity index (χ4v) is 4.00. The quantitative estimate of drug-likeness (QED) is 0.877. The molecule has 2 atom stereocenters. The number of hydrogen-bond acceptors (Lipinski definition) is 3.